The maximum atomic E-state index is 11.5. The van der Waals surface area contributed by atoms with E-state index in [2.05, 4.69) is 80.6 Å². The first-order chi connectivity index (χ1) is 31.7. The van der Waals surface area contributed by atoms with Gasteiger partial charge < -0.3 is 5.11 Å². The summed E-state index contributed by atoms with van der Waals surface area (Å²) in [6.07, 6.45) is -0.585. The van der Waals surface area contributed by atoms with Crippen LogP contribution in [0.1, 0.15) is 85.8 Å². The van der Waals surface area contributed by atoms with E-state index in [1.807, 2.05) is 75.4 Å². The third-order valence-corrected chi connectivity index (χ3v) is 11.5. The Balaban J connectivity index is 0.00000703. The molecular weight excluding hydrogens is 902 g/mol. The van der Waals surface area contributed by atoms with Gasteiger partial charge in [0, 0.05) is 42.6 Å². The van der Waals surface area contributed by atoms with Crippen molar-refractivity contribution in [2.24, 2.45) is 5.41 Å². The first-order valence-corrected chi connectivity index (χ1v) is 19.4. The van der Waals surface area contributed by atoms with Gasteiger partial charge in [-0.15, -0.1) is 29.3 Å². The maximum Gasteiger partial charge on any atom is 0.148 e. The summed E-state index contributed by atoms with van der Waals surface area (Å²) in [6.45, 7) is 14.3. The molecule has 0 aliphatic carbocycles. The molecule has 1 N–H and O–H groups in total. The van der Waals surface area contributed by atoms with Gasteiger partial charge in [-0.25, -0.2) is 4.98 Å². The van der Waals surface area contributed by atoms with Crippen molar-refractivity contribution in [2.75, 3.05) is 0 Å². The van der Waals surface area contributed by atoms with Crippen molar-refractivity contribution < 1.29 is 39.9 Å². The van der Waals surface area contributed by atoms with E-state index in [-0.39, 0.29) is 54.5 Å². The minimum absolute atomic E-state index is 0. The number of hydrogen-bond donors (Lipinski definition) is 1. The van der Waals surface area contributed by atoms with Gasteiger partial charge in [0.1, 0.15) is 11.6 Å². The molecular formula is C54H52N3OPt-. The van der Waals surface area contributed by atoms with E-state index >= 15 is 0 Å². The standard InChI is InChI=1S/C54H52N3O.Pt/c1-35-22-24-36(25-23-35)38-28-29-55-46(33-38)40-30-39(31-42(32-40)52(2,3)4)43-19-15-20-48-50(43)56-51(44-18-13-14-21-49(44)58)57(48)47-27-26-41(54(8,9)53(5,6)7)34-45(47)37-16-11-10-12-17-37;/h10-29,31-34,58H,1-9H3;/q-1;/i1D3,22D,23D,24D,25D,28D,29D,33D;. The number of aromatic hydroxyl groups is 1. The smallest absolute Gasteiger partial charge is 0.148 e. The first-order valence-electron chi connectivity index (χ1n) is 24.4. The van der Waals surface area contributed by atoms with E-state index in [9.17, 15) is 6.48 Å². The molecule has 0 amide bonds. The van der Waals surface area contributed by atoms with Crippen molar-refractivity contribution in [1.29, 1.82) is 0 Å². The number of benzene rings is 6. The van der Waals surface area contributed by atoms with Crippen LogP contribution in [-0.2, 0) is 31.9 Å². The summed E-state index contributed by atoms with van der Waals surface area (Å²) in [5, 5.41) is 11.5. The van der Waals surface area contributed by atoms with Gasteiger partial charge in [-0.2, -0.15) is 0 Å². The van der Waals surface area contributed by atoms with Crippen molar-refractivity contribution >= 4 is 11.0 Å². The summed E-state index contributed by atoms with van der Waals surface area (Å²) < 4.78 is 87.7. The number of imidazole rings is 1. The average Bonchev–Trinajstić information content (AvgIpc) is 3.66. The van der Waals surface area contributed by atoms with Crippen LogP contribution in [0.2, 0.25) is 0 Å². The second-order valence-electron chi connectivity index (χ2n) is 17.3. The van der Waals surface area contributed by atoms with Crippen LogP contribution < -0.4 is 0 Å². The van der Waals surface area contributed by atoms with E-state index < -0.39 is 65.8 Å². The molecule has 5 heteroatoms. The molecule has 0 spiro atoms. The third-order valence-electron chi connectivity index (χ3n) is 11.5. The Morgan fingerprint density at radius 1 is 0.661 bits per heavy atom. The zero-order valence-corrected chi connectivity index (χ0v) is 36.7. The predicted octanol–water partition coefficient (Wildman–Crippen LogP) is 14.2. The molecule has 300 valence electrons. The van der Waals surface area contributed by atoms with Gasteiger partial charge in [-0.1, -0.05) is 163 Å². The van der Waals surface area contributed by atoms with Gasteiger partial charge in [-0.05, 0) is 81.7 Å². The Kier molecular flexibility index (Phi) is 8.20. The van der Waals surface area contributed by atoms with Crippen LogP contribution >= 0.6 is 0 Å². The van der Waals surface area contributed by atoms with Gasteiger partial charge in [-0.3, -0.25) is 9.55 Å². The summed E-state index contributed by atoms with van der Waals surface area (Å²) in [5.41, 5.74) is 5.59. The molecule has 0 radical (unpaired) electrons. The minimum Gasteiger partial charge on any atom is -0.507 e. The molecule has 2 heterocycles. The number of phenols is 1. The SMILES string of the molecule is [2H]c1nc(-c2[c-]c(-c3cccc4c3nc(-c3ccccc3O)n4-c3ccc(C(C)(C)C(C)(C)C)cc3-c3ccccc3)cc(C(C)(C)C)c2)c([2H])c(-c2c([2H])c([2H])c(C([2H])([2H])[2H])c([2H])c2[2H])c1[2H].[Pt]. The summed E-state index contributed by atoms with van der Waals surface area (Å²) in [7, 11) is 0. The van der Waals surface area contributed by atoms with E-state index in [0.717, 1.165) is 33.5 Å². The Morgan fingerprint density at radius 3 is 2.05 bits per heavy atom. The van der Waals surface area contributed by atoms with Crippen molar-refractivity contribution in [3.63, 3.8) is 0 Å². The fourth-order valence-electron chi connectivity index (χ4n) is 7.09. The molecule has 0 aliphatic rings. The number of hydrogen-bond acceptors (Lipinski definition) is 3. The Hall–Kier alpha value is -5.57. The van der Waals surface area contributed by atoms with Crippen LogP contribution in [0.4, 0.5) is 0 Å². The van der Waals surface area contributed by atoms with E-state index in [1.165, 1.54) is 0 Å². The average molecular weight is 964 g/mol. The molecule has 8 rings (SSSR count). The quantitative estimate of drug-likeness (QED) is 0.162. The van der Waals surface area contributed by atoms with Crippen LogP contribution in [0, 0.1) is 18.3 Å². The van der Waals surface area contributed by atoms with Gasteiger partial charge in [0.25, 0.3) is 0 Å². The molecule has 0 aliphatic heterocycles. The van der Waals surface area contributed by atoms with Gasteiger partial charge in [0.05, 0.1) is 31.9 Å². The van der Waals surface area contributed by atoms with Crippen LogP contribution in [0.15, 0.2) is 146 Å². The molecule has 0 unspecified atom stereocenters. The normalized spacial score (nSPS) is 14.7. The van der Waals surface area contributed by atoms with Crippen LogP contribution in [0.25, 0.3) is 72.7 Å². The van der Waals surface area contributed by atoms with Gasteiger partial charge in [0.15, 0.2) is 0 Å². The molecule has 6 aromatic carbocycles. The molecule has 8 aromatic rings. The molecule has 0 saturated heterocycles. The number of fused-ring (bicyclic) bond motifs is 1. The molecule has 0 saturated carbocycles. The van der Waals surface area contributed by atoms with Crippen LogP contribution in [-0.4, -0.2) is 19.6 Å². The monoisotopic (exact) mass is 963 g/mol. The molecule has 4 nitrogen and oxygen atoms in total. The van der Waals surface area contributed by atoms with Crippen LogP contribution in [0.3, 0.4) is 0 Å². The number of nitrogens with zero attached hydrogens (tertiary/aromatic N) is 3. The summed E-state index contributed by atoms with van der Waals surface area (Å²) in [6, 6.07) is 32.7. The molecule has 0 atom stereocenters. The van der Waals surface area contributed by atoms with Crippen molar-refractivity contribution in [3.8, 4) is 67.5 Å². The number of para-hydroxylation sites is 2. The molecule has 2 aromatic heterocycles. The van der Waals surface area contributed by atoms with E-state index in [0.29, 0.717) is 28.0 Å². The molecule has 0 fully saturated rings. The number of pyridine rings is 1. The van der Waals surface area contributed by atoms with Gasteiger partial charge >= 0.3 is 0 Å². The van der Waals surface area contributed by atoms with Gasteiger partial charge in [0.2, 0.25) is 0 Å². The molecule has 0 bridgehead atoms. The molecule has 59 heavy (non-hydrogen) atoms. The number of rotatable bonds is 7. The number of phenolic OH excluding ortho intramolecular Hbond substituents is 1. The fourth-order valence-corrected chi connectivity index (χ4v) is 7.09. The number of aromatic nitrogens is 3. The maximum absolute atomic E-state index is 11.5. The van der Waals surface area contributed by atoms with Crippen molar-refractivity contribution in [1.82, 2.24) is 14.5 Å². The van der Waals surface area contributed by atoms with Crippen molar-refractivity contribution in [2.45, 2.75) is 73.1 Å². The zero-order chi connectivity index (χ0) is 49.6. The third kappa shape index (κ3) is 7.96. The summed E-state index contributed by atoms with van der Waals surface area (Å²) >= 11 is 0. The minimum atomic E-state index is -2.96. The van der Waals surface area contributed by atoms with E-state index in [1.54, 1.807) is 18.2 Å². The zero-order valence-electron chi connectivity index (χ0n) is 44.4. The van der Waals surface area contributed by atoms with Crippen molar-refractivity contribution in [3.05, 3.63) is 168 Å². The van der Waals surface area contributed by atoms with Crippen LogP contribution in [0.5, 0.6) is 5.75 Å². The Bertz CT molecular complexity index is 3280. The summed E-state index contributed by atoms with van der Waals surface area (Å²) in [5.74, 6) is 0.538. The fraction of sp³-hybridized carbons (Fsp3) is 0.222. The van der Waals surface area contributed by atoms with E-state index in [4.69, 9.17) is 17.3 Å². The summed E-state index contributed by atoms with van der Waals surface area (Å²) in [4.78, 5) is 9.75. The Labute approximate surface area is 378 Å². The Morgan fingerprint density at radius 2 is 1.36 bits per heavy atom. The second kappa shape index (κ2) is 15.9. The largest absolute Gasteiger partial charge is 0.507 e. The topological polar surface area (TPSA) is 50.9 Å². The first kappa shape index (κ1) is 30.5. The second-order valence-corrected chi connectivity index (χ2v) is 17.3. The predicted molar refractivity (Wildman–Crippen MR) is 242 cm³/mol.